The normalized spacial score (nSPS) is 16.3. The molecule has 1 saturated heterocycles. The van der Waals surface area contributed by atoms with Crippen LogP contribution in [0.5, 0.6) is 0 Å². The van der Waals surface area contributed by atoms with Gasteiger partial charge in [-0.1, -0.05) is 20.8 Å². The van der Waals surface area contributed by atoms with Crippen LogP contribution in [-0.2, 0) is 9.59 Å². The first-order valence-corrected chi connectivity index (χ1v) is 10.4. The van der Waals surface area contributed by atoms with Crippen molar-refractivity contribution >= 4 is 29.1 Å². The molecule has 2 rings (SSSR count). The number of likely N-dealkylation sites (tertiary alicyclic amines) is 1. The van der Waals surface area contributed by atoms with Gasteiger partial charge in [-0.2, -0.15) is 0 Å². The van der Waals surface area contributed by atoms with E-state index >= 15 is 0 Å². The molecule has 0 spiro atoms. The van der Waals surface area contributed by atoms with Crippen molar-refractivity contribution in [2.45, 2.75) is 53.5 Å². The van der Waals surface area contributed by atoms with Crippen molar-refractivity contribution < 1.29 is 14.4 Å². The molecular weight excluding hydrogens is 368 g/mol. The monoisotopic (exact) mass is 402 g/mol. The van der Waals surface area contributed by atoms with Crippen LogP contribution < -0.4 is 16.0 Å². The van der Waals surface area contributed by atoms with Gasteiger partial charge >= 0.3 is 0 Å². The molecule has 1 fully saturated rings. The molecule has 0 saturated carbocycles. The molecule has 7 heteroatoms. The smallest absolute Gasteiger partial charge is 0.251 e. The third kappa shape index (κ3) is 7.16. The highest BCUT2D eigenvalue weighted by atomic mass is 16.2. The lowest BCUT2D eigenvalue weighted by molar-refractivity contribution is -0.115. The maximum Gasteiger partial charge on any atom is 0.251 e. The van der Waals surface area contributed by atoms with Crippen LogP contribution in [0.2, 0.25) is 0 Å². The van der Waals surface area contributed by atoms with Crippen LogP contribution in [0.1, 0.15) is 57.8 Å². The molecule has 1 aromatic rings. The molecule has 29 heavy (non-hydrogen) atoms. The Morgan fingerprint density at radius 2 is 1.52 bits per heavy atom. The van der Waals surface area contributed by atoms with Crippen LogP contribution in [0.3, 0.4) is 0 Å². The van der Waals surface area contributed by atoms with Crippen molar-refractivity contribution in [3.05, 3.63) is 23.8 Å². The van der Waals surface area contributed by atoms with Crippen LogP contribution in [0, 0.1) is 11.8 Å². The van der Waals surface area contributed by atoms with Gasteiger partial charge in [-0.15, -0.1) is 0 Å². The van der Waals surface area contributed by atoms with Gasteiger partial charge in [-0.25, -0.2) is 0 Å². The second-order valence-electron chi connectivity index (χ2n) is 8.40. The van der Waals surface area contributed by atoms with Gasteiger partial charge in [0.15, 0.2) is 0 Å². The Bertz CT molecular complexity index is 705. The van der Waals surface area contributed by atoms with Gasteiger partial charge in [-0.05, 0) is 56.0 Å². The molecule has 1 aromatic carbocycles. The van der Waals surface area contributed by atoms with Crippen molar-refractivity contribution in [1.82, 2.24) is 10.2 Å². The minimum Gasteiger partial charge on any atom is -0.350 e. The molecule has 160 valence electrons. The fourth-order valence-corrected chi connectivity index (χ4v) is 3.76. The number of rotatable bonds is 7. The second-order valence-corrected chi connectivity index (χ2v) is 8.40. The number of carbonyl (C=O) groups excluding carboxylic acids is 3. The van der Waals surface area contributed by atoms with Gasteiger partial charge < -0.3 is 16.0 Å². The summed E-state index contributed by atoms with van der Waals surface area (Å²) in [6, 6.07) is 5.15. The van der Waals surface area contributed by atoms with Crippen molar-refractivity contribution in [2.75, 3.05) is 30.3 Å². The first kappa shape index (κ1) is 22.9. The molecule has 1 aliphatic heterocycles. The number of nitrogens with zero attached hydrogens (tertiary/aromatic N) is 1. The SMILES string of the molecule is CC(=O)Nc1cc(NC(C)=O)cc(C(=O)NCC(C(C)C)N2CCC(C)CC2)c1. The Morgan fingerprint density at radius 3 is 1.97 bits per heavy atom. The van der Waals surface area contributed by atoms with E-state index in [1.54, 1.807) is 18.2 Å². The number of anilines is 2. The Hall–Kier alpha value is -2.41. The summed E-state index contributed by atoms with van der Waals surface area (Å²) in [4.78, 5) is 38.1. The molecule has 0 bridgehead atoms. The van der Waals surface area contributed by atoms with E-state index in [1.807, 2.05) is 0 Å². The van der Waals surface area contributed by atoms with Gasteiger partial charge in [0.2, 0.25) is 11.8 Å². The lowest BCUT2D eigenvalue weighted by Crippen LogP contribution is -2.49. The lowest BCUT2D eigenvalue weighted by atomic mass is 9.94. The molecule has 1 heterocycles. The number of hydrogen-bond acceptors (Lipinski definition) is 4. The molecule has 0 aliphatic carbocycles. The highest BCUT2D eigenvalue weighted by molar-refractivity contribution is 5.99. The molecule has 0 radical (unpaired) electrons. The van der Waals surface area contributed by atoms with Gasteiger partial charge in [0.1, 0.15) is 0 Å². The summed E-state index contributed by atoms with van der Waals surface area (Å²) in [5, 5.41) is 8.39. The minimum absolute atomic E-state index is 0.222. The fraction of sp³-hybridized carbons (Fsp3) is 0.591. The summed E-state index contributed by atoms with van der Waals surface area (Å²) in [6.45, 7) is 12.1. The number of amides is 3. The van der Waals surface area contributed by atoms with Crippen molar-refractivity contribution in [3.63, 3.8) is 0 Å². The van der Waals surface area contributed by atoms with Gasteiger partial charge in [0.05, 0.1) is 0 Å². The number of nitrogens with one attached hydrogen (secondary N) is 3. The van der Waals surface area contributed by atoms with E-state index in [9.17, 15) is 14.4 Å². The molecule has 0 aromatic heterocycles. The van der Waals surface area contributed by atoms with Gasteiger partial charge in [-0.3, -0.25) is 19.3 Å². The van der Waals surface area contributed by atoms with E-state index in [0.29, 0.717) is 29.4 Å². The van der Waals surface area contributed by atoms with Crippen LogP contribution in [-0.4, -0.2) is 48.3 Å². The first-order valence-electron chi connectivity index (χ1n) is 10.4. The maximum atomic E-state index is 12.8. The molecule has 1 unspecified atom stereocenters. The Balaban J connectivity index is 2.11. The zero-order valence-electron chi connectivity index (χ0n) is 18.2. The number of piperidine rings is 1. The highest BCUT2D eigenvalue weighted by Gasteiger charge is 2.26. The lowest BCUT2D eigenvalue weighted by Gasteiger charge is -2.38. The highest BCUT2D eigenvalue weighted by Crippen LogP contribution is 2.22. The van der Waals surface area contributed by atoms with Crippen molar-refractivity contribution in [3.8, 4) is 0 Å². The standard InChI is InChI=1S/C22H34N4O3/c1-14(2)21(26-8-6-15(3)7-9-26)13-23-22(29)18-10-19(24-16(4)27)12-20(11-18)25-17(5)28/h10-12,14-15,21H,6-9,13H2,1-5H3,(H,23,29)(H,24,27)(H,25,28). The molecule has 1 aliphatic rings. The molecule has 7 nitrogen and oxygen atoms in total. The number of carbonyl (C=O) groups is 3. The predicted octanol–water partition coefficient (Wildman–Crippen LogP) is 3.09. The topological polar surface area (TPSA) is 90.5 Å². The maximum absolute atomic E-state index is 12.8. The fourth-order valence-electron chi connectivity index (χ4n) is 3.76. The van der Waals surface area contributed by atoms with Crippen LogP contribution in [0.25, 0.3) is 0 Å². The summed E-state index contributed by atoms with van der Waals surface area (Å²) < 4.78 is 0. The molecule has 1 atom stereocenters. The van der Waals surface area contributed by atoms with Gasteiger partial charge in [0.25, 0.3) is 5.91 Å². The zero-order valence-corrected chi connectivity index (χ0v) is 18.2. The zero-order chi connectivity index (χ0) is 21.6. The van der Waals surface area contributed by atoms with E-state index in [1.165, 1.54) is 26.7 Å². The van der Waals surface area contributed by atoms with Gasteiger partial charge in [0, 0.05) is 43.4 Å². The second kappa shape index (κ2) is 10.4. The summed E-state index contributed by atoms with van der Waals surface area (Å²) in [5.41, 5.74) is 1.34. The van der Waals surface area contributed by atoms with Crippen molar-refractivity contribution in [1.29, 1.82) is 0 Å². The van der Waals surface area contributed by atoms with Crippen LogP contribution in [0.4, 0.5) is 11.4 Å². The average molecular weight is 403 g/mol. The minimum atomic E-state index is -0.240. The van der Waals surface area contributed by atoms with E-state index in [4.69, 9.17) is 0 Å². The average Bonchev–Trinajstić information content (AvgIpc) is 2.61. The largest absolute Gasteiger partial charge is 0.350 e. The first-order chi connectivity index (χ1) is 13.7. The van der Waals surface area contributed by atoms with E-state index < -0.39 is 0 Å². The van der Waals surface area contributed by atoms with Crippen LogP contribution in [0.15, 0.2) is 18.2 Å². The Kier molecular flexibility index (Phi) is 8.20. The summed E-state index contributed by atoms with van der Waals surface area (Å²) in [6.07, 6.45) is 2.38. The quantitative estimate of drug-likeness (QED) is 0.654. The van der Waals surface area contributed by atoms with Crippen LogP contribution >= 0.6 is 0 Å². The number of benzene rings is 1. The summed E-state index contributed by atoms with van der Waals surface area (Å²) >= 11 is 0. The molecule has 3 N–H and O–H groups in total. The third-order valence-electron chi connectivity index (χ3n) is 5.36. The van der Waals surface area contributed by atoms with E-state index in [2.05, 4.69) is 41.6 Å². The summed E-state index contributed by atoms with van der Waals surface area (Å²) in [7, 11) is 0. The molecule has 3 amide bonds. The molecular formula is C22H34N4O3. The van der Waals surface area contributed by atoms with E-state index in [0.717, 1.165) is 19.0 Å². The predicted molar refractivity (Wildman–Crippen MR) is 116 cm³/mol. The summed E-state index contributed by atoms with van der Waals surface area (Å²) in [5.74, 6) is 0.479. The van der Waals surface area contributed by atoms with E-state index in [-0.39, 0.29) is 23.8 Å². The van der Waals surface area contributed by atoms with Crippen molar-refractivity contribution in [2.24, 2.45) is 11.8 Å². The number of hydrogen-bond donors (Lipinski definition) is 3. The third-order valence-corrected chi connectivity index (χ3v) is 5.36. The Morgan fingerprint density at radius 1 is 1.00 bits per heavy atom. The Labute approximate surface area is 173 Å².